The molecular formula is C24H29NO8S2. The van der Waals surface area contributed by atoms with Gasteiger partial charge in [-0.15, -0.1) is 0 Å². The van der Waals surface area contributed by atoms with Crippen LogP contribution < -0.4 is 5.32 Å². The van der Waals surface area contributed by atoms with Gasteiger partial charge in [-0.1, -0.05) is 24.3 Å². The summed E-state index contributed by atoms with van der Waals surface area (Å²) in [6, 6.07) is 10.8. The molecule has 9 nitrogen and oxygen atoms in total. The minimum absolute atomic E-state index is 0.0615. The number of nitrogens with one attached hydrogen (secondary N) is 1. The van der Waals surface area contributed by atoms with Gasteiger partial charge in [0.15, 0.2) is 25.1 Å². The van der Waals surface area contributed by atoms with Crippen molar-refractivity contribution in [2.24, 2.45) is 0 Å². The fourth-order valence-electron chi connectivity index (χ4n) is 4.97. The molecule has 1 saturated heterocycles. The first-order valence-electron chi connectivity index (χ1n) is 11.6. The molecule has 2 heterocycles. The Bertz CT molecular complexity index is 1350. The van der Waals surface area contributed by atoms with Crippen LogP contribution in [0.2, 0.25) is 0 Å². The molecule has 5 atom stereocenters. The van der Waals surface area contributed by atoms with Gasteiger partial charge in [0, 0.05) is 12.8 Å². The molecular weight excluding hydrogens is 494 g/mol. The van der Waals surface area contributed by atoms with Gasteiger partial charge in [0.1, 0.15) is 24.4 Å². The third kappa shape index (κ3) is 4.73. The fourth-order valence-corrected chi connectivity index (χ4v) is 7.29. The molecule has 3 aliphatic rings. The SMILES string of the molecule is CS(=O)(=O)[C@H]1O[C@@H](c2ccc(C3CC3)c(Cc3ccc4c(c3)NCCS4(=O)=O)c2)[C@H](O)[C@@H](O)[C@@H]1O. The molecule has 5 rings (SSSR count). The summed E-state index contributed by atoms with van der Waals surface area (Å²) in [6.07, 6.45) is -2.59. The Morgan fingerprint density at radius 2 is 1.77 bits per heavy atom. The highest BCUT2D eigenvalue weighted by atomic mass is 32.2. The van der Waals surface area contributed by atoms with Crippen LogP contribution >= 0.6 is 0 Å². The summed E-state index contributed by atoms with van der Waals surface area (Å²) in [4.78, 5) is 0.293. The van der Waals surface area contributed by atoms with Gasteiger partial charge in [-0.05, 0) is 59.6 Å². The van der Waals surface area contributed by atoms with Gasteiger partial charge in [0.2, 0.25) is 0 Å². The summed E-state index contributed by atoms with van der Waals surface area (Å²) in [7, 11) is -7.16. The predicted molar refractivity (Wildman–Crippen MR) is 129 cm³/mol. The van der Waals surface area contributed by atoms with E-state index in [4.69, 9.17) is 4.74 Å². The molecule has 0 unspecified atom stereocenters. The molecule has 1 saturated carbocycles. The maximum Gasteiger partial charge on any atom is 0.187 e. The highest BCUT2D eigenvalue weighted by Crippen LogP contribution is 2.44. The number of ether oxygens (including phenoxy) is 1. The first-order valence-corrected chi connectivity index (χ1v) is 15.2. The summed E-state index contributed by atoms with van der Waals surface area (Å²) in [6.45, 7) is 0.355. The van der Waals surface area contributed by atoms with Crippen LogP contribution in [0.4, 0.5) is 5.69 Å². The Morgan fingerprint density at radius 3 is 2.46 bits per heavy atom. The lowest BCUT2D eigenvalue weighted by Gasteiger charge is -2.40. The number of fused-ring (bicyclic) bond motifs is 1. The number of aliphatic hydroxyl groups excluding tert-OH is 3. The Morgan fingerprint density at radius 1 is 1.03 bits per heavy atom. The van der Waals surface area contributed by atoms with Crippen molar-refractivity contribution in [1.29, 1.82) is 0 Å². The van der Waals surface area contributed by atoms with Gasteiger partial charge in [-0.3, -0.25) is 0 Å². The van der Waals surface area contributed by atoms with Crippen molar-refractivity contribution in [3.63, 3.8) is 0 Å². The monoisotopic (exact) mass is 523 g/mol. The normalized spacial score (nSPS) is 30.3. The zero-order valence-electron chi connectivity index (χ0n) is 19.2. The summed E-state index contributed by atoms with van der Waals surface area (Å²) in [5, 5.41) is 34.2. The maximum absolute atomic E-state index is 12.3. The quantitative estimate of drug-likeness (QED) is 0.448. The van der Waals surface area contributed by atoms with Crippen molar-refractivity contribution in [3.05, 3.63) is 58.7 Å². The molecule has 2 fully saturated rings. The Hall–Kier alpha value is -2.02. The van der Waals surface area contributed by atoms with E-state index >= 15 is 0 Å². The second kappa shape index (κ2) is 8.82. The van der Waals surface area contributed by atoms with Crippen LogP contribution in [0.25, 0.3) is 0 Å². The topological polar surface area (TPSA) is 150 Å². The van der Waals surface area contributed by atoms with Gasteiger partial charge in [-0.25, -0.2) is 16.8 Å². The van der Waals surface area contributed by atoms with Crippen molar-refractivity contribution in [2.45, 2.75) is 59.9 Å². The molecule has 0 amide bonds. The first kappa shape index (κ1) is 24.7. The Balaban J connectivity index is 1.49. The number of rotatable bonds is 5. The second-order valence-electron chi connectivity index (χ2n) is 9.71. The van der Waals surface area contributed by atoms with Gasteiger partial charge in [0.25, 0.3) is 0 Å². The fraction of sp³-hybridized carbons (Fsp3) is 0.500. The smallest absolute Gasteiger partial charge is 0.187 e. The van der Waals surface area contributed by atoms with Crippen molar-refractivity contribution in [1.82, 2.24) is 0 Å². The number of benzene rings is 2. The number of sulfone groups is 2. The largest absolute Gasteiger partial charge is 0.387 e. The second-order valence-corrected chi connectivity index (χ2v) is 13.9. The van der Waals surface area contributed by atoms with E-state index in [9.17, 15) is 32.2 Å². The molecule has 11 heteroatoms. The average molecular weight is 524 g/mol. The summed E-state index contributed by atoms with van der Waals surface area (Å²) in [5.41, 5.74) is 2.41. The van der Waals surface area contributed by atoms with E-state index in [2.05, 4.69) is 5.32 Å². The maximum atomic E-state index is 12.3. The first-order chi connectivity index (χ1) is 16.5. The summed E-state index contributed by atoms with van der Waals surface area (Å²) < 4.78 is 54.5. The van der Waals surface area contributed by atoms with Gasteiger partial charge in [0.05, 0.1) is 16.3 Å². The van der Waals surface area contributed by atoms with Crippen molar-refractivity contribution < 1.29 is 36.9 Å². The molecule has 2 aromatic carbocycles. The van der Waals surface area contributed by atoms with E-state index in [1.165, 1.54) is 0 Å². The van der Waals surface area contributed by atoms with E-state index < -0.39 is 49.5 Å². The lowest BCUT2D eigenvalue weighted by molar-refractivity contribution is -0.202. The molecule has 2 aliphatic heterocycles. The van der Waals surface area contributed by atoms with E-state index in [0.29, 0.717) is 35.0 Å². The third-order valence-corrected chi connectivity index (χ3v) is 9.97. The molecule has 0 spiro atoms. The number of anilines is 1. The van der Waals surface area contributed by atoms with Crippen LogP contribution in [0, 0.1) is 0 Å². The minimum Gasteiger partial charge on any atom is -0.387 e. The standard InChI is InChI=1S/C24H29NO8S2/c1-34(29,30)24-22(28)20(26)21(27)23(33-24)15-5-6-17(14-3-4-14)16(12-15)10-13-2-7-19-18(11-13)25-8-9-35(19,31)32/h2,5-7,11-12,14,20-28H,3-4,8-10H2,1H3/t20-,21-,22+,23+,24-/m1/s1. The average Bonchev–Trinajstić information content (AvgIpc) is 3.62. The van der Waals surface area contributed by atoms with E-state index in [1.54, 1.807) is 18.2 Å². The van der Waals surface area contributed by atoms with Crippen LogP contribution in [-0.2, 0) is 30.8 Å². The molecule has 0 aromatic heterocycles. The molecule has 0 bridgehead atoms. The van der Waals surface area contributed by atoms with Crippen LogP contribution in [0.3, 0.4) is 0 Å². The van der Waals surface area contributed by atoms with Gasteiger partial charge < -0.3 is 25.4 Å². The highest BCUT2D eigenvalue weighted by molar-refractivity contribution is 7.91. The van der Waals surface area contributed by atoms with E-state index in [-0.39, 0.29) is 5.75 Å². The minimum atomic E-state index is -3.86. The van der Waals surface area contributed by atoms with Gasteiger partial charge in [-0.2, -0.15) is 0 Å². The lowest BCUT2D eigenvalue weighted by Crippen LogP contribution is -2.56. The Labute approximate surface area is 204 Å². The van der Waals surface area contributed by atoms with Crippen LogP contribution in [0.5, 0.6) is 0 Å². The molecule has 35 heavy (non-hydrogen) atoms. The van der Waals surface area contributed by atoms with E-state index in [0.717, 1.165) is 35.8 Å². The summed E-state index contributed by atoms with van der Waals surface area (Å²) >= 11 is 0. The third-order valence-electron chi connectivity index (χ3n) is 6.96. The lowest BCUT2D eigenvalue weighted by atomic mass is 9.89. The predicted octanol–water partition coefficient (Wildman–Crippen LogP) is 0.879. The number of aliphatic hydroxyl groups is 3. The van der Waals surface area contributed by atoms with Crippen LogP contribution in [-0.4, -0.2) is 74.5 Å². The number of hydrogen-bond acceptors (Lipinski definition) is 9. The molecule has 2 aromatic rings. The number of hydrogen-bond donors (Lipinski definition) is 4. The zero-order valence-corrected chi connectivity index (χ0v) is 20.8. The van der Waals surface area contributed by atoms with Crippen LogP contribution in [0.15, 0.2) is 41.3 Å². The molecule has 190 valence electrons. The van der Waals surface area contributed by atoms with Crippen molar-refractivity contribution >= 4 is 25.4 Å². The summed E-state index contributed by atoms with van der Waals surface area (Å²) in [5.74, 6) is 0.468. The molecule has 1 aliphatic carbocycles. The van der Waals surface area contributed by atoms with Gasteiger partial charge >= 0.3 is 0 Å². The van der Waals surface area contributed by atoms with E-state index in [1.807, 2.05) is 18.2 Å². The molecule has 0 radical (unpaired) electrons. The van der Waals surface area contributed by atoms with Crippen LogP contribution in [0.1, 0.15) is 47.1 Å². The highest BCUT2D eigenvalue weighted by Gasteiger charge is 2.48. The van der Waals surface area contributed by atoms with Crippen molar-refractivity contribution in [2.75, 3.05) is 23.9 Å². The Kier molecular flexibility index (Phi) is 6.22. The zero-order chi connectivity index (χ0) is 25.1. The molecule has 4 N–H and O–H groups in total. The van der Waals surface area contributed by atoms with Crippen molar-refractivity contribution in [3.8, 4) is 0 Å².